The van der Waals surface area contributed by atoms with Gasteiger partial charge in [-0.05, 0) is 23.8 Å². The molecule has 0 saturated heterocycles. The quantitative estimate of drug-likeness (QED) is 0.660. The van der Waals surface area contributed by atoms with Gasteiger partial charge in [0.2, 0.25) is 0 Å². The monoisotopic (exact) mass is 261 g/mol. The van der Waals surface area contributed by atoms with Crippen molar-refractivity contribution in [2.24, 2.45) is 0 Å². The lowest BCUT2D eigenvalue weighted by molar-refractivity contribution is 0.0588. The minimum Gasteiger partial charge on any atom is -0.467 e. The van der Waals surface area contributed by atoms with Crippen molar-refractivity contribution >= 4 is 11.7 Å². The van der Waals surface area contributed by atoms with Crippen molar-refractivity contribution in [2.45, 2.75) is 13.2 Å². The van der Waals surface area contributed by atoms with Gasteiger partial charge in [-0.25, -0.2) is 4.79 Å². The zero-order valence-electron chi connectivity index (χ0n) is 10.6. The maximum atomic E-state index is 11.7. The fraction of sp³-hybridized carbons (Fsp3) is 0.214. The molecule has 0 amide bonds. The largest absolute Gasteiger partial charge is 0.467 e. The van der Waals surface area contributed by atoms with E-state index in [0.29, 0.717) is 23.4 Å². The lowest BCUT2D eigenvalue weighted by Gasteiger charge is -2.10. The number of methoxy groups -OCH3 is 1. The second-order valence-corrected chi connectivity index (χ2v) is 3.95. The van der Waals surface area contributed by atoms with Crippen molar-refractivity contribution in [3.05, 3.63) is 53.5 Å². The van der Waals surface area contributed by atoms with Crippen molar-refractivity contribution in [3.8, 4) is 0 Å². The number of furan rings is 1. The Morgan fingerprint density at radius 3 is 2.79 bits per heavy atom. The van der Waals surface area contributed by atoms with Gasteiger partial charge in [0.15, 0.2) is 0 Å². The Kier molecular flexibility index (Phi) is 4.20. The van der Waals surface area contributed by atoms with Crippen LogP contribution in [-0.2, 0) is 22.7 Å². The highest BCUT2D eigenvalue weighted by Gasteiger charge is 2.15. The Bertz CT molecular complexity index is 549. The summed E-state index contributed by atoms with van der Waals surface area (Å²) >= 11 is 0. The molecule has 2 aromatic rings. The van der Waals surface area contributed by atoms with Crippen molar-refractivity contribution in [1.29, 1.82) is 0 Å². The molecule has 0 atom stereocenters. The lowest BCUT2D eigenvalue weighted by Crippen LogP contribution is -2.10. The third kappa shape index (κ3) is 3.14. The number of carbonyl (C=O) groups is 1. The van der Waals surface area contributed by atoms with E-state index in [2.05, 4.69) is 0 Å². The van der Waals surface area contributed by atoms with Crippen LogP contribution in [0.5, 0.6) is 0 Å². The van der Waals surface area contributed by atoms with Gasteiger partial charge in [0, 0.05) is 5.69 Å². The molecule has 1 aromatic heterocycles. The van der Waals surface area contributed by atoms with E-state index >= 15 is 0 Å². The van der Waals surface area contributed by atoms with Gasteiger partial charge >= 0.3 is 5.97 Å². The number of ether oxygens (including phenoxy) is 2. The summed E-state index contributed by atoms with van der Waals surface area (Å²) in [6.45, 7) is 0.596. The molecule has 0 aliphatic heterocycles. The van der Waals surface area contributed by atoms with Gasteiger partial charge in [0.1, 0.15) is 12.4 Å². The SMILES string of the molecule is COC(=O)c1c(N)cccc1COCc1ccco1. The standard InChI is InChI=1S/C14H15NO4/c1-17-14(16)13-10(4-2-6-12(13)15)8-18-9-11-5-3-7-19-11/h2-7H,8-9,15H2,1H3. The molecule has 100 valence electrons. The first-order chi connectivity index (χ1) is 9.22. The average molecular weight is 261 g/mol. The summed E-state index contributed by atoms with van der Waals surface area (Å²) in [5.74, 6) is 0.262. The molecule has 0 aliphatic rings. The second kappa shape index (κ2) is 6.06. The van der Waals surface area contributed by atoms with Crippen LogP contribution in [0.1, 0.15) is 21.7 Å². The number of rotatable bonds is 5. The maximum absolute atomic E-state index is 11.7. The Morgan fingerprint density at radius 1 is 1.26 bits per heavy atom. The number of hydrogen-bond donors (Lipinski definition) is 1. The third-order valence-corrected chi connectivity index (χ3v) is 2.65. The molecule has 0 radical (unpaired) electrons. The number of hydrogen-bond acceptors (Lipinski definition) is 5. The number of benzene rings is 1. The highest BCUT2D eigenvalue weighted by Crippen LogP contribution is 2.19. The summed E-state index contributed by atoms with van der Waals surface area (Å²) < 4.78 is 15.4. The van der Waals surface area contributed by atoms with Gasteiger partial charge < -0.3 is 19.6 Å². The molecule has 19 heavy (non-hydrogen) atoms. The summed E-state index contributed by atoms with van der Waals surface area (Å²) in [6, 6.07) is 8.82. The smallest absolute Gasteiger partial charge is 0.340 e. The molecular weight excluding hydrogens is 246 g/mol. The van der Waals surface area contributed by atoms with E-state index in [4.69, 9.17) is 19.6 Å². The van der Waals surface area contributed by atoms with E-state index in [0.717, 1.165) is 5.76 Å². The minimum atomic E-state index is -0.463. The van der Waals surface area contributed by atoms with Crippen LogP contribution in [0.3, 0.4) is 0 Å². The van der Waals surface area contributed by atoms with Crippen LogP contribution in [0.25, 0.3) is 0 Å². The molecule has 1 heterocycles. The van der Waals surface area contributed by atoms with Crippen LogP contribution in [0.2, 0.25) is 0 Å². The normalized spacial score (nSPS) is 10.4. The molecule has 2 rings (SSSR count). The molecule has 1 aromatic carbocycles. The van der Waals surface area contributed by atoms with E-state index in [-0.39, 0.29) is 6.61 Å². The molecule has 0 aliphatic carbocycles. The second-order valence-electron chi connectivity index (χ2n) is 3.95. The first-order valence-corrected chi connectivity index (χ1v) is 5.78. The zero-order valence-corrected chi connectivity index (χ0v) is 10.6. The summed E-state index contributed by atoms with van der Waals surface area (Å²) in [4.78, 5) is 11.7. The summed E-state index contributed by atoms with van der Waals surface area (Å²) in [6.07, 6.45) is 1.58. The average Bonchev–Trinajstić information content (AvgIpc) is 2.91. The van der Waals surface area contributed by atoms with Crippen LogP contribution in [0, 0.1) is 0 Å². The Balaban J connectivity index is 2.07. The van der Waals surface area contributed by atoms with Gasteiger partial charge in [0.05, 0.1) is 25.5 Å². The number of carbonyl (C=O) groups excluding carboxylic acids is 1. The maximum Gasteiger partial charge on any atom is 0.340 e. The van der Waals surface area contributed by atoms with Crippen molar-refractivity contribution in [2.75, 3.05) is 12.8 Å². The van der Waals surface area contributed by atoms with Crippen molar-refractivity contribution in [1.82, 2.24) is 0 Å². The van der Waals surface area contributed by atoms with E-state index < -0.39 is 5.97 Å². The first-order valence-electron chi connectivity index (χ1n) is 5.78. The van der Waals surface area contributed by atoms with E-state index in [1.807, 2.05) is 6.07 Å². The highest BCUT2D eigenvalue weighted by molar-refractivity contribution is 5.96. The van der Waals surface area contributed by atoms with Gasteiger partial charge in [-0.3, -0.25) is 0 Å². The Hall–Kier alpha value is -2.27. The van der Waals surface area contributed by atoms with Crippen LogP contribution in [0.4, 0.5) is 5.69 Å². The molecule has 5 heteroatoms. The number of nitrogen functional groups attached to an aromatic ring is 1. The van der Waals surface area contributed by atoms with Gasteiger partial charge in [-0.1, -0.05) is 12.1 Å². The molecule has 0 fully saturated rings. The molecule has 5 nitrogen and oxygen atoms in total. The van der Waals surface area contributed by atoms with Crippen LogP contribution in [-0.4, -0.2) is 13.1 Å². The van der Waals surface area contributed by atoms with E-state index in [1.54, 1.807) is 30.5 Å². The molecule has 0 bridgehead atoms. The molecular formula is C14H15NO4. The predicted octanol–water partition coefficient (Wildman–Crippen LogP) is 2.37. The van der Waals surface area contributed by atoms with Crippen LogP contribution in [0.15, 0.2) is 41.0 Å². The van der Waals surface area contributed by atoms with Crippen LogP contribution < -0.4 is 5.73 Å². The molecule has 0 spiro atoms. The molecule has 0 saturated carbocycles. The van der Waals surface area contributed by atoms with Gasteiger partial charge in [-0.15, -0.1) is 0 Å². The Morgan fingerprint density at radius 2 is 2.11 bits per heavy atom. The lowest BCUT2D eigenvalue weighted by atomic mass is 10.1. The predicted molar refractivity (Wildman–Crippen MR) is 69.4 cm³/mol. The Labute approximate surface area is 110 Å². The third-order valence-electron chi connectivity index (χ3n) is 2.65. The van der Waals surface area contributed by atoms with Gasteiger partial charge in [0.25, 0.3) is 0 Å². The first kappa shape index (κ1) is 13.2. The summed E-state index contributed by atoms with van der Waals surface area (Å²) in [5, 5.41) is 0. The minimum absolute atomic E-state index is 0.260. The zero-order chi connectivity index (χ0) is 13.7. The summed E-state index contributed by atoms with van der Waals surface area (Å²) in [5.41, 5.74) is 7.21. The molecule has 2 N–H and O–H groups in total. The van der Waals surface area contributed by atoms with E-state index in [1.165, 1.54) is 7.11 Å². The highest BCUT2D eigenvalue weighted by atomic mass is 16.5. The van der Waals surface area contributed by atoms with E-state index in [9.17, 15) is 4.79 Å². The topological polar surface area (TPSA) is 74.7 Å². The number of nitrogens with two attached hydrogens (primary N) is 1. The van der Waals surface area contributed by atoms with Crippen LogP contribution >= 0.6 is 0 Å². The van der Waals surface area contributed by atoms with Crippen molar-refractivity contribution < 1.29 is 18.7 Å². The molecule has 0 unspecified atom stereocenters. The fourth-order valence-electron chi connectivity index (χ4n) is 1.75. The van der Waals surface area contributed by atoms with Gasteiger partial charge in [-0.2, -0.15) is 0 Å². The van der Waals surface area contributed by atoms with Crippen molar-refractivity contribution in [3.63, 3.8) is 0 Å². The number of esters is 1. The summed E-state index contributed by atoms with van der Waals surface area (Å²) in [7, 11) is 1.32. The number of anilines is 1. The fourth-order valence-corrected chi connectivity index (χ4v) is 1.75.